The Kier molecular flexibility index (Phi) is 13.2. The van der Waals surface area contributed by atoms with E-state index in [0.29, 0.717) is 23.1 Å². The van der Waals surface area contributed by atoms with Crippen molar-refractivity contribution in [2.45, 2.75) is 77.3 Å². The van der Waals surface area contributed by atoms with E-state index in [9.17, 15) is 31.5 Å². The summed E-state index contributed by atoms with van der Waals surface area (Å²) >= 11 is 0. The molecule has 0 saturated carbocycles. The topological polar surface area (TPSA) is 115 Å². The second-order valence-electron chi connectivity index (χ2n) is 11.2. The minimum Gasteiger partial charge on any atom is -0.542 e. The highest BCUT2D eigenvalue weighted by Crippen LogP contribution is 2.38. The molecule has 224 valence electrons. The summed E-state index contributed by atoms with van der Waals surface area (Å²) < 4.78 is 60.1. The van der Waals surface area contributed by atoms with Crippen LogP contribution in [0.25, 0.3) is 0 Å². The van der Waals surface area contributed by atoms with E-state index >= 15 is 0 Å². The molecule has 1 atom stereocenters. The van der Waals surface area contributed by atoms with Gasteiger partial charge in [0.1, 0.15) is 5.97 Å². The number of hydrogen-bond acceptors (Lipinski definition) is 5. The number of quaternary nitrogens is 1. The summed E-state index contributed by atoms with van der Waals surface area (Å²) in [6.07, 6.45) is 4.71. The van der Waals surface area contributed by atoms with Crippen molar-refractivity contribution in [1.29, 1.82) is 0 Å². The summed E-state index contributed by atoms with van der Waals surface area (Å²) in [4.78, 5) is 20.4. The van der Waals surface area contributed by atoms with Crippen molar-refractivity contribution in [3.8, 4) is 0 Å². The Hall–Kier alpha value is -2.34. The number of aliphatic carboxylic acids is 2. The van der Waals surface area contributed by atoms with Crippen LogP contribution in [-0.2, 0) is 26.0 Å². The lowest BCUT2D eigenvalue weighted by molar-refractivity contribution is -0.902. The summed E-state index contributed by atoms with van der Waals surface area (Å²) in [7, 11) is 2.03. The van der Waals surface area contributed by atoms with E-state index in [-0.39, 0.29) is 12.2 Å². The number of carbonyl (C=O) groups excluding carboxylic acids is 1. The summed E-state index contributed by atoms with van der Waals surface area (Å²) in [5, 5.41) is 18.3. The number of carboxylic acids is 2. The maximum Gasteiger partial charge on any atom is 0.430 e. The molecule has 1 heterocycles. The largest absolute Gasteiger partial charge is 0.542 e. The lowest BCUT2D eigenvalue weighted by atomic mass is 9.78. The molecule has 0 radical (unpaired) electrons. The molecule has 1 saturated heterocycles. The molecule has 0 bridgehead atoms. The Labute approximate surface area is 230 Å². The molecule has 0 aliphatic carbocycles. The monoisotopic (exact) mass is 580 g/mol. The Balaban J connectivity index is 0.000000956. The second-order valence-corrected chi connectivity index (χ2v) is 13.2. The highest BCUT2D eigenvalue weighted by Gasteiger charge is 2.46. The van der Waals surface area contributed by atoms with E-state index in [0.717, 1.165) is 25.8 Å². The number of alkyl halides is 3. The quantitative estimate of drug-likeness (QED) is 0.279. The van der Waals surface area contributed by atoms with Gasteiger partial charge in [0.25, 0.3) is 0 Å². The molecule has 0 amide bonds. The van der Waals surface area contributed by atoms with Crippen LogP contribution < -0.4 is 9.41 Å². The minimum absolute atomic E-state index is 0.112. The fourth-order valence-corrected chi connectivity index (χ4v) is 6.96. The summed E-state index contributed by atoms with van der Waals surface area (Å²) in [6.45, 7) is 3.72. The van der Waals surface area contributed by atoms with Crippen LogP contribution in [0.2, 0.25) is 0 Å². The number of rotatable bonds is 13. The van der Waals surface area contributed by atoms with Crippen molar-refractivity contribution >= 4 is 27.6 Å². The first kappa shape index (κ1) is 34.7. The molecule has 0 spiro atoms. The van der Waals surface area contributed by atoms with Crippen LogP contribution in [0.1, 0.15) is 70.3 Å². The number of likely N-dealkylation sites (tertiary alicyclic amines) is 1. The van der Waals surface area contributed by atoms with Crippen LogP contribution in [0.4, 0.5) is 18.9 Å². The molecule has 2 rings (SSSR count). The molecule has 12 heteroatoms. The van der Waals surface area contributed by atoms with Gasteiger partial charge in [0.15, 0.2) is 0 Å². The van der Waals surface area contributed by atoms with Crippen LogP contribution in [0.15, 0.2) is 24.3 Å². The highest BCUT2D eigenvalue weighted by atomic mass is 32.2. The maximum atomic E-state index is 13.3. The second kappa shape index (κ2) is 14.9. The standard InChI is InChI=1S/C25H42N2O4S.C2HF3O2/c1-5-6-7-8-9-10-12-22-13-15-23(16-14-22)26(2)32(30,31)21-25(19-24(28)29)17-11-18-27(3,4)20-25;3-2(4,5)1(6)7/h13-16H,5-12,17-21H2,1-4H3;(H,6,7). The Bertz CT molecular complexity index is 1030. The molecular weight excluding hydrogens is 537 g/mol. The van der Waals surface area contributed by atoms with E-state index < -0.39 is 33.6 Å². The molecule has 1 aliphatic rings. The Morgan fingerprint density at radius 2 is 1.62 bits per heavy atom. The number of unbranched alkanes of at least 4 members (excludes halogenated alkanes) is 5. The van der Waals surface area contributed by atoms with Gasteiger partial charge in [0.2, 0.25) is 10.0 Å². The van der Waals surface area contributed by atoms with Gasteiger partial charge in [0.05, 0.1) is 45.0 Å². The number of carboxylic acid groups (broad SMARTS) is 2. The molecule has 1 aromatic carbocycles. The molecule has 1 aliphatic heterocycles. The van der Waals surface area contributed by atoms with Crippen molar-refractivity contribution in [2.24, 2.45) is 5.41 Å². The number of benzene rings is 1. The first-order valence-electron chi connectivity index (χ1n) is 13.3. The number of halogens is 3. The Morgan fingerprint density at radius 3 is 2.10 bits per heavy atom. The van der Waals surface area contributed by atoms with Crippen LogP contribution >= 0.6 is 0 Å². The van der Waals surface area contributed by atoms with E-state index in [1.165, 1.54) is 42.0 Å². The average molecular weight is 581 g/mol. The lowest BCUT2D eigenvalue weighted by Gasteiger charge is -2.45. The number of nitrogens with zero attached hydrogens (tertiary/aromatic N) is 2. The zero-order valence-corrected chi connectivity index (χ0v) is 24.2. The molecule has 8 nitrogen and oxygen atoms in total. The number of carbonyl (C=O) groups is 2. The van der Waals surface area contributed by atoms with Gasteiger partial charge in [-0.3, -0.25) is 9.10 Å². The minimum atomic E-state index is -5.19. The van der Waals surface area contributed by atoms with E-state index in [1.807, 2.05) is 24.3 Å². The van der Waals surface area contributed by atoms with Crippen LogP contribution in [0, 0.1) is 5.41 Å². The summed E-state index contributed by atoms with van der Waals surface area (Å²) in [6, 6.07) is 7.77. The fourth-order valence-electron chi connectivity index (χ4n) is 5.21. The third-order valence-electron chi connectivity index (χ3n) is 7.02. The zero-order chi connectivity index (χ0) is 29.9. The highest BCUT2D eigenvalue weighted by molar-refractivity contribution is 7.92. The average Bonchev–Trinajstić information content (AvgIpc) is 2.79. The fraction of sp³-hybridized carbons (Fsp3) is 0.704. The first-order valence-corrected chi connectivity index (χ1v) is 14.9. The SMILES string of the molecule is CCCCCCCCc1ccc(N(C)S(=O)(=O)CC2(CC(=O)O)CCC[N+](C)(C)C2)cc1.O=C([O-])C(F)(F)F. The predicted molar refractivity (Wildman–Crippen MR) is 143 cm³/mol. The number of hydrogen-bond donors (Lipinski definition) is 1. The van der Waals surface area contributed by atoms with Crippen LogP contribution in [0.5, 0.6) is 0 Å². The smallest absolute Gasteiger partial charge is 0.430 e. The number of sulfonamides is 1. The third-order valence-corrected chi connectivity index (χ3v) is 9.04. The van der Waals surface area contributed by atoms with Crippen molar-refractivity contribution < 1.29 is 45.9 Å². The van der Waals surface area contributed by atoms with Crippen molar-refractivity contribution in [2.75, 3.05) is 44.3 Å². The van der Waals surface area contributed by atoms with Gasteiger partial charge in [-0.15, -0.1) is 0 Å². The van der Waals surface area contributed by atoms with Gasteiger partial charge in [-0.25, -0.2) is 8.42 Å². The number of anilines is 1. The zero-order valence-electron chi connectivity index (χ0n) is 23.4. The molecule has 1 fully saturated rings. The predicted octanol–water partition coefficient (Wildman–Crippen LogP) is 3.99. The van der Waals surface area contributed by atoms with Gasteiger partial charge < -0.3 is 19.5 Å². The molecule has 1 aromatic rings. The lowest BCUT2D eigenvalue weighted by Crippen LogP contribution is -2.56. The van der Waals surface area contributed by atoms with Gasteiger partial charge in [0, 0.05) is 12.5 Å². The first-order chi connectivity index (χ1) is 17.9. The van der Waals surface area contributed by atoms with E-state index in [1.54, 1.807) is 7.05 Å². The van der Waals surface area contributed by atoms with Crippen molar-refractivity contribution in [1.82, 2.24) is 0 Å². The number of aryl methyl sites for hydroxylation is 1. The normalized spacial score (nSPS) is 19.1. The van der Waals surface area contributed by atoms with Gasteiger partial charge in [-0.2, -0.15) is 13.2 Å². The molecule has 0 aromatic heterocycles. The molecule has 39 heavy (non-hydrogen) atoms. The van der Waals surface area contributed by atoms with Gasteiger partial charge >= 0.3 is 12.1 Å². The summed E-state index contributed by atoms with van der Waals surface area (Å²) in [5.41, 5.74) is 1.12. The molecule has 1 N–H and O–H groups in total. The third kappa shape index (κ3) is 12.6. The van der Waals surface area contributed by atoms with Gasteiger partial charge in [-0.05, 0) is 43.4 Å². The molecular formula is C27H43F3N2O6S. The van der Waals surface area contributed by atoms with E-state index in [4.69, 9.17) is 9.90 Å². The van der Waals surface area contributed by atoms with Gasteiger partial charge in [-0.1, -0.05) is 51.2 Å². The van der Waals surface area contributed by atoms with Crippen LogP contribution in [0.3, 0.4) is 0 Å². The van der Waals surface area contributed by atoms with Crippen molar-refractivity contribution in [3.05, 3.63) is 29.8 Å². The molecule has 1 unspecified atom stereocenters. The Morgan fingerprint density at radius 1 is 1.08 bits per heavy atom. The van der Waals surface area contributed by atoms with E-state index in [2.05, 4.69) is 21.0 Å². The van der Waals surface area contributed by atoms with Crippen LogP contribution in [-0.4, -0.2) is 76.1 Å². The number of piperidine rings is 1. The maximum absolute atomic E-state index is 13.3. The van der Waals surface area contributed by atoms with Crippen molar-refractivity contribution in [3.63, 3.8) is 0 Å². The summed E-state index contributed by atoms with van der Waals surface area (Å²) in [5.74, 6) is -4.07.